The molecule has 84 valence electrons. The molecule has 0 saturated heterocycles. The zero-order chi connectivity index (χ0) is 11.6. The molecule has 0 aliphatic heterocycles. The number of rotatable bonds is 3. The van der Waals surface area contributed by atoms with Gasteiger partial charge >= 0.3 is 122 Å². The molecule has 0 spiro atoms. The fourth-order valence-electron chi connectivity index (χ4n) is 0.970. The molecule has 6 heteroatoms. The summed E-state index contributed by atoms with van der Waals surface area (Å²) in [5, 5.41) is 0. The molecule has 0 aromatic heterocycles. The van der Waals surface area contributed by atoms with E-state index in [1.54, 1.807) is 0 Å². The Morgan fingerprint density at radius 3 is 2.07 bits per heavy atom. The molecule has 0 aliphatic carbocycles. The van der Waals surface area contributed by atoms with Gasteiger partial charge in [-0.05, 0) is 0 Å². The maximum absolute atomic E-state index is 12.0. The summed E-state index contributed by atoms with van der Waals surface area (Å²) in [5.41, 5.74) is 0.750. The van der Waals surface area contributed by atoms with Crippen LogP contribution in [0, 0.1) is 0 Å². The molecule has 1 unspecified atom stereocenters. The van der Waals surface area contributed by atoms with Crippen molar-refractivity contribution in [2.75, 3.05) is 0 Å². The first-order chi connectivity index (χ1) is 6.82. The fourth-order valence-corrected chi connectivity index (χ4v) is 5.73. The molecule has 0 saturated carbocycles. The van der Waals surface area contributed by atoms with Crippen LogP contribution in [0.2, 0.25) is 3.97 Å². The predicted octanol–water partition coefficient (Wildman–Crippen LogP) is 5.15. The van der Waals surface area contributed by atoms with Crippen LogP contribution in [0.3, 0.4) is 0 Å². The number of hydrogen-bond donors (Lipinski definition) is 0. The van der Waals surface area contributed by atoms with Crippen molar-refractivity contribution in [1.29, 1.82) is 0 Å². The van der Waals surface area contributed by atoms with Crippen LogP contribution in [-0.4, -0.2) is 17.3 Å². The van der Waals surface area contributed by atoms with Gasteiger partial charge < -0.3 is 0 Å². The molecular weight excluding hydrogens is 571 g/mol. The second kappa shape index (κ2) is 5.97. The second-order valence-corrected chi connectivity index (χ2v) is 46.5. The topological polar surface area (TPSA) is 17.1 Å². The van der Waals surface area contributed by atoms with Crippen molar-refractivity contribution in [2.45, 2.75) is 10.9 Å². The number of benzene rings is 1. The van der Waals surface area contributed by atoms with Crippen molar-refractivity contribution < 1.29 is 4.79 Å². The third kappa shape index (κ3) is 4.40. The molecule has 1 aromatic rings. The van der Waals surface area contributed by atoms with E-state index in [0.29, 0.717) is 0 Å². The van der Waals surface area contributed by atoms with Crippen molar-refractivity contribution in [3.63, 3.8) is 0 Å². The Balaban J connectivity index is 2.90. The standard InChI is InChI=1S/C9H8Br4OTe/c1-6(15(11,12)13)9(14)7-2-4-8(10)5-3-7/h2-6H,1H3. The molecule has 1 nitrogen and oxygen atoms in total. The van der Waals surface area contributed by atoms with E-state index in [1.165, 1.54) is 0 Å². The van der Waals surface area contributed by atoms with Crippen LogP contribution in [0.25, 0.3) is 0 Å². The number of ketones is 1. The van der Waals surface area contributed by atoms with E-state index in [1.807, 2.05) is 31.2 Å². The van der Waals surface area contributed by atoms with Crippen molar-refractivity contribution >= 4 is 71.5 Å². The summed E-state index contributed by atoms with van der Waals surface area (Å²) >= 11 is 11.5. The summed E-state index contributed by atoms with van der Waals surface area (Å²) in [6, 6.07) is 7.44. The predicted molar refractivity (Wildman–Crippen MR) is 80.4 cm³/mol. The Hall–Kier alpha value is 1.60. The van der Waals surface area contributed by atoms with Crippen LogP contribution < -0.4 is 0 Å². The molecule has 0 bridgehead atoms. The first-order valence-corrected chi connectivity index (χ1v) is 21.8. The normalized spacial score (nSPS) is 14.7. The SMILES string of the molecule is CC(C(=O)c1ccc(Br)cc1)[Te](Br)(Br)Br. The molecule has 0 N–H and O–H groups in total. The van der Waals surface area contributed by atoms with E-state index < -0.39 is 11.6 Å². The van der Waals surface area contributed by atoms with Crippen LogP contribution in [0.15, 0.2) is 28.7 Å². The number of halogens is 4. The quantitative estimate of drug-likeness (QED) is 0.358. The summed E-state index contributed by atoms with van der Waals surface area (Å²) in [6.45, 7) is 1.93. The Morgan fingerprint density at radius 1 is 1.20 bits per heavy atom. The summed E-state index contributed by atoms with van der Waals surface area (Å²) < 4.78 is 0.963. The summed E-state index contributed by atoms with van der Waals surface area (Å²) in [6.07, 6.45) is 0. The van der Waals surface area contributed by atoms with E-state index in [2.05, 4.69) is 54.2 Å². The van der Waals surface area contributed by atoms with Gasteiger partial charge in [-0.25, -0.2) is 0 Å². The molecule has 1 atom stereocenters. The average Bonchev–Trinajstić information content (AvgIpc) is 2.15. The minimum atomic E-state index is -2.46. The maximum atomic E-state index is 12.0. The summed E-state index contributed by atoms with van der Waals surface area (Å²) in [4.78, 5) is 12.0. The van der Waals surface area contributed by atoms with Crippen LogP contribution in [0.5, 0.6) is 0 Å². The zero-order valence-corrected chi connectivity index (χ0v) is 16.4. The minimum absolute atomic E-state index is 0.0196. The van der Waals surface area contributed by atoms with Gasteiger partial charge in [-0.15, -0.1) is 0 Å². The van der Waals surface area contributed by atoms with Crippen molar-refractivity contribution in [3.05, 3.63) is 34.3 Å². The van der Waals surface area contributed by atoms with E-state index in [-0.39, 0.29) is 9.75 Å². The van der Waals surface area contributed by atoms with Gasteiger partial charge in [-0.3, -0.25) is 0 Å². The molecule has 1 rings (SSSR count). The zero-order valence-electron chi connectivity index (χ0n) is 7.72. The van der Waals surface area contributed by atoms with Gasteiger partial charge in [0.05, 0.1) is 0 Å². The van der Waals surface area contributed by atoms with Crippen molar-refractivity contribution in [1.82, 2.24) is 0 Å². The van der Waals surface area contributed by atoms with E-state index in [9.17, 15) is 4.79 Å². The number of hydrogen-bond acceptors (Lipinski definition) is 1. The summed E-state index contributed by atoms with van der Waals surface area (Å²) in [7, 11) is 0. The first kappa shape index (κ1) is 14.7. The molecule has 1 aromatic carbocycles. The van der Waals surface area contributed by atoms with Gasteiger partial charge in [0.25, 0.3) is 0 Å². The van der Waals surface area contributed by atoms with Crippen LogP contribution in [0.4, 0.5) is 0 Å². The van der Waals surface area contributed by atoms with E-state index >= 15 is 0 Å². The fraction of sp³-hybridized carbons (Fsp3) is 0.222. The number of carbonyl (C=O) groups is 1. The van der Waals surface area contributed by atoms with Gasteiger partial charge in [0.1, 0.15) is 0 Å². The molecular formula is C9H8Br4OTe. The van der Waals surface area contributed by atoms with Gasteiger partial charge in [-0.1, -0.05) is 0 Å². The molecule has 15 heavy (non-hydrogen) atoms. The molecule has 0 amide bonds. The van der Waals surface area contributed by atoms with E-state index in [4.69, 9.17) is 0 Å². The van der Waals surface area contributed by atoms with E-state index in [0.717, 1.165) is 10.0 Å². The van der Waals surface area contributed by atoms with Crippen molar-refractivity contribution in [2.24, 2.45) is 0 Å². The van der Waals surface area contributed by atoms with Gasteiger partial charge in [0, 0.05) is 0 Å². The molecule has 0 heterocycles. The Morgan fingerprint density at radius 2 is 1.67 bits per heavy atom. The van der Waals surface area contributed by atoms with Gasteiger partial charge in [0.15, 0.2) is 0 Å². The molecule has 0 radical (unpaired) electrons. The van der Waals surface area contributed by atoms with Crippen LogP contribution in [-0.2, 0) is 0 Å². The van der Waals surface area contributed by atoms with Gasteiger partial charge in [0.2, 0.25) is 0 Å². The summed E-state index contributed by atoms with van der Waals surface area (Å²) in [5.74, 6) is 0.161. The monoisotopic (exact) mass is 578 g/mol. The number of carbonyl (C=O) groups excluding carboxylic acids is 1. The van der Waals surface area contributed by atoms with Crippen LogP contribution in [0.1, 0.15) is 17.3 Å². The third-order valence-corrected chi connectivity index (χ3v) is 16.6. The van der Waals surface area contributed by atoms with Crippen molar-refractivity contribution in [3.8, 4) is 0 Å². The Labute approximate surface area is 120 Å². The average molecular weight is 579 g/mol. The van der Waals surface area contributed by atoms with Gasteiger partial charge in [-0.2, -0.15) is 0 Å². The first-order valence-electron chi connectivity index (χ1n) is 4.03. The van der Waals surface area contributed by atoms with Crippen LogP contribution >= 0.6 is 54.2 Å². The molecule has 0 fully saturated rings. The third-order valence-electron chi connectivity index (χ3n) is 1.90. The second-order valence-electron chi connectivity index (χ2n) is 2.96. The number of Topliss-reactive ketones (excluding diaryl/α,β-unsaturated/α-hetero) is 1. The molecule has 0 aliphatic rings. The Kier molecular flexibility index (Phi) is 5.83. The Bertz CT molecular complexity index is 357.